The number of rotatable bonds is 4. The third kappa shape index (κ3) is 7.03. The fraction of sp³-hybridized carbons (Fsp3) is 0. The van der Waals surface area contributed by atoms with Gasteiger partial charge in [-0.25, -0.2) is 0 Å². The molecular weight excluding hydrogens is 743 g/mol. The molecule has 4 nitrogen and oxygen atoms in total. The van der Waals surface area contributed by atoms with E-state index in [1.807, 2.05) is 0 Å². The first kappa shape index (κ1) is 38.1. The number of benzene rings is 4. The monoisotopic (exact) mass is 773 g/mol. The molecule has 1 radical (unpaired) electrons. The number of hydrogen-bond donors (Lipinski definition) is 4. The first-order valence-corrected chi connectivity index (χ1v) is 16.3. The van der Waals surface area contributed by atoms with Gasteiger partial charge in [-0.3, -0.25) is 0 Å². The second kappa shape index (κ2) is 16.5. The number of aromatic amines is 4. The van der Waals surface area contributed by atoms with Gasteiger partial charge in [0.1, 0.15) is 0 Å². The van der Waals surface area contributed by atoms with Gasteiger partial charge < -0.3 is 57.2 Å². The molecule has 0 aliphatic carbocycles. The van der Waals surface area contributed by atoms with Crippen LogP contribution < -0.4 is 58.6 Å². The standard InChI is InChI=1S/C44H32N4.3ClH.Cr/c1-5-13-29(14-6-1)41-33-21-23-35(45-33)42(30-15-7-2-8-16-30)37-25-27-39(47-37)44(32-19-11-4-12-20-32)40-28-26-38(48-40)43(31-17-9-3-10-18-31)36-24-22-34(41)46-36;;;;/h1-28,45-48H;3*1H;/q;;;;+3/p-3. The summed E-state index contributed by atoms with van der Waals surface area (Å²) in [5.74, 6) is 0. The van der Waals surface area contributed by atoms with E-state index in [0.29, 0.717) is 0 Å². The largest absolute Gasteiger partial charge is 3.00 e. The number of aromatic nitrogens is 4. The number of hydrogen-bond acceptors (Lipinski definition) is 0. The van der Waals surface area contributed by atoms with Gasteiger partial charge in [0.25, 0.3) is 0 Å². The van der Waals surface area contributed by atoms with Crippen molar-refractivity contribution in [3.05, 3.63) is 236 Å². The molecule has 8 aromatic rings. The van der Waals surface area contributed by atoms with E-state index in [9.17, 15) is 0 Å². The van der Waals surface area contributed by atoms with E-state index in [2.05, 4.69) is 190 Å². The van der Waals surface area contributed by atoms with Crippen molar-refractivity contribution in [1.82, 2.24) is 19.9 Å². The van der Waals surface area contributed by atoms with Crippen LogP contribution in [0.5, 0.6) is 0 Å². The SMILES string of the molecule is [Cl-].[Cl-].[Cl-].[Cr+3].c1ccc(C2=c3ccc([nH]3)=C(c3ccccc3)c3ccc([nH]3)C(c3ccccc3)=c3ccc([nH]3)=C(c3ccccc3)c3ccc2[nH]3)cc1. The van der Waals surface area contributed by atoms with Crippen molar-refractivity contribution in [3.8, 4) is 0 Å². The van der Waals surface area contributed by atoms with Gasteiger partial charge in [0.05, 0.1) is 0 Å². The van der Waals surface area contributed by atoms with Crippen molar-refractivity contribution in [2.24, 2.45) is 0 Å². The van der Waals surface area contributed by atoms with Crippen molar-refractivity contribution in [1.29, 1.82) is 0 Å². The van der Waals surface area contributed by atoms with E-state index in [4.69, 9.17) is 0 Å². The Morgan fingerprint density at radius 3 is 0.654 bits per heavy atom. The smallest absolute Gasteiger partial charge is 1.00 e. The third-order valence-electron chi connectivity index (χ3n) is 9.15. The van der Waals surface area contributed by atoms with Gasteiger partial charge in [-0.1, -0.05) is 121 Å². The Balaban J connectivity index is 0.00000131. The summed E-state index contributed by atoms with van der Waals surface area (Å²) in [6.07, 6.45) is 0. The Kier molecular flexibility index (Phi) is 12.1. The summed E-state index contributed by atoms with van der Waals surface area (Å²) in [5.41, 5.74) is 13.1. The first-order chi connectivity index (χ1) is 23.8. The zero-order valence-corrected chi connectivity index (χ0v) is 31.3. The maximum atomic E-state index is 3.84. The number of fused-ring (bicyclic) bond motifs is 8. The molecule has 0 spiro atoms. The molecule has 1 aliphatic heterocycles. The van der Waals surface area contributed by atoms with E-state index < -0.39 is 0 Å². The van der Waals surface area contributed by atoms with E-state index in [1.165, 1.54) is 0 Å². The fourth-order valence-electron chi connectivity index (χ4n) is 6.99. The molecule has 0 unspecified atom stereocenters. The van der Waals surface area contributed by atoms with Crippen LogP contribution in [0.1, 0.15) is 45.0 Å². The Morgan fingerprint density at radius 2 is 0.442 bits per heavy atom. The van der Waals surface area contributed by atoms with Crippen LogP contribution >= 0.6 is 0 Å². The third-order valence-corrected chi connectivity index (χ3v) is 9.15. The van der Waals surface area contributed by atoms with E-state index >= 15 is 0 Å². The zero-order valence-electron chi connectivity index (χ0n) is 27.7. The van der Waals surface area contributed by atoms with Gasteiger partial charge in [0.2, 0.25) is 0 Å². The molecule has 8 heteroatoms. The second-order valence-corrected chi connectivity index (χ2v) is 12.1. The molecule has 255 valence electrons. The van der Waals surface area contributed by atoms with Crippen molar-refractivity contribution >= 4 is 22.3 Å². The number of H-pyrrole nitrogens is 4. The first-order valence-electron chi connectivity index (χ1n) is 16.3. The minimum Gasteiger partial charge on any atom is -1.00 e. The van der Waals surface area contributed by atoms with Gasteiger partial charge in [-0.2, -0.15) is 0 Å². The van der Waals surface area contributed by atoms with Crippen LogP contribution in [0.3, 0.4) is 0 Å². The Labute approximate surface area is 331 Å². The molecule has 0 saturated heterocycles. The predicted octanol–water partition coefficient (Wildman–Crippen LogP) is -2.69. The molecule has 0 amide bonds. The number of halogens is 3. The van der Waals surface area contributed by atoms with Gasteiger partial charge >= 0.3 is 17.4 Å². The van der Waals surface area contributed by atoms with Crippen LogP contribution in [0.2, 0.25) is 0 Å². The summed E-state index contributed by atoms with van der Waals surface area (Å²) in [7, 11) is 0. The van der Waals surface area contributed by atoms with E-state index in [0.717, 1.165) is 88.7 Å². The summed E-state index contributed by atoms with van der Waals surface area (Å²) in [5, 5.41) is 4.16. The predicted molar refractivity (Wildman–Crippen MR) is 194 cm³/mol. The molecule has 52 heavy (non-hydrogen) atoms. The summed E-state index contributed by atoms with van der Waals surface area (Å²) >= 11 is 0. The van der Waals surface area contributed by atoms with Crippen molar-refractivity contribution in [3.63, 3.8) is 0 Å². The summed E-state index contributed by atoms with van der Waals surface area (Å²) in [6, 6.07) is 60.0. The molecule has 4 aromatic heterocycles. The van der Waals surface area contributed by atoms with Crippen LogP contribution in [-0.4, -0.2) is 19.9 Å². The average molecular weight is 775 g/mol. The Hall–Kier alpha value is -5.12. The summed E-state index contributed by atoms with van der Waals surface area (Å²) in [4.78, 5) is 15.4. The molecular formula is C44H32Cl3CrN4. The minimum atomic E-state index is 0. The Bertz CT molecular complexity index is 2290. The maximum absolute atomic E-state index is 3.84. The molecule has 4 N–H and O–H groups in total. The topological polar surface area (TPSA) is 63.2 Å². The fourth-order valence-corrected chi connectivity index (χ4v) is 6.99. The quantitative estimate of drug-likeness (QED) is 0.151. The van der Waals surface area contributed by atoms with Gasteiger partial charge in [-0.05, 0) is 70.8 Å². The van der Waals surface area contributed by atoms with Crippen LogP contribution in [0.15, 0.2) is 170 Å². The van der Waals surface area contributed by atoms with Crippen LogP contribution in [-0.2, 0) is 17.4 Å². The van der Waals surface area contributed by atoms with Gasteiger partial charge in [-0.15, -0.1) is 0 Å². The molecule has 0 saturated carbocycles. The molecule has 8 bridgehead atoms. The van der Waals surface area contributed by atoms with Crippen LogP contribution in [0.25, 0.3) is 22.3 Å². The van der Waals surface area contributed by atoms with E-state index in [-0.39, 0.29) is 54.6 Å². The van der Waals surface area contributed by atoms with Gasteiger partial charge in [0, 0.05) is 66.5 Å². The molecule has 0 fully saturated rings. The van der Waals surface area contributed by atoms with E-state index in [1.54, 1.807) is 0 Å². The molecule has 9 rings (SSSR count). The second-order valence-electron chi connectivity index (χ2n) is 12.1. The van der Waals surface area contributed by atoms with Crippen molar-refractivity contribution < 1.29 is 54.6 Å². The van der Waals surface area contributed by atoms with Crippen molar-refractivity contribution in [2.75, 3.05) is 0 Å². The molecule has 1 aliphatic rings. The summed E-state index contributed by atoms with van der Waals surface area (Å²) < 4.78 is 0. The minimum absolute atomic E-state index is 0. The molecule has 4 aromatic carbocycles. The zero-order chi connectivity index (χ0) is 31.9. The Morgan fingerprint density at radius 1 is 0.231 bits per heavy atom. The molecule has 0 atom stereocenters. The summed E-state index contributed by atoms with van der Waals surface area (Å²) in [6.45, 7) is 0. The average Bonchev–Trinajstić information content (AvgIpc) is 3.98. The van der Waals surface area contributed by atoms with Crippen molar-refractivity contribution in [2.45, 2.75) is 0 Å². The van der Waals surface area contributed by atoms with Crippen LogP contribution in [0, 0.1) is 0 Å². The molecule has 5 heterocycles. The number of nitrogens with one attached hydrogen (secondary N) is 4. The van der Waals surface area contributed by atoms with Crippen LogP contribution in [0.4, 0.5) is 0 Å². The van der Waals surface area contributed by atoms with Gasteiger partial charge in [0.15, 0.2) is 0 Å². The normalized spacial score (nSPS) is 11.8. The maximum Gasteiger partial charge on any atom is 3.00 e.